The van der Waals surface area contributed by atoms with E-state index in [2.05, 4.69) is 0 Å². The van der Waals surface area contributed by atoms with E-state index in [-0.39, 0.29) is 11.1 Å². The van der Waals surface area contributed by atoms with Crippen LogP contribution in [0.3, 0.4) is 0 Å². The molecular formula is C12H16FNO2. The summed E-state index contributed by atoms with van der Waals surface area (Å²) in [5.41, 5.74) is 0.228. The van der Waals surface area contributed by atoms with Crippen LogP contribution in [0.25, 0.3) is 0 Å². The van der Waals surface area contributed by atoms with Gasteiger partial charge in [-0.25, -0.2) is 4.39 Å². The van der Waals surface area contributed by atoms with Crippen molar-refractivity contribution in [3.8, 4) is 0 Å². The van der Waals surface area contributed by atoms with Crippen molar-refractivity contribution in [2.75, 3.05) is 0 Å². The van der Waals surface area contributed by atoms with Gasteiger partial charge in [-0.1, -0.05) is 20.8 Å². The molecule has 16 heavy (non-hydrogen) atoms. The van der Waals surface area contributed by atoms with E-state index in [0.29, 0.717) is 5.56 Å². The summed E-state index contributed by atoms with van der Waals surface area (Å²) in [5.74, 6) is -0.565. The zero-order valence-corrected chi connectivity index (χ0v) is 9.79. The average molecular weight is 225 g/mol. The first-order chi connectivity index (χ1) is 7.44. The number of rotatable bonds is 4. The SMILES string of the molecule is CCC(C)(CC)c1ccc(F)cc1[N+](=O)[O-]. The van der Waals surface area contributed by atoms with E-state index in [1.165, 1.54) is 12.1 Å². The van der Waals surface area contributed by atoms with Gasteiger partial charge in [-0.05, 0) is 30.4 Å². The molecule has 0 aromatic heterocycles. The predicted octanol–water partition coefficient (Wildman–Crippen LogP) is 3.81. The summed E-state index contributed by atoms with van der Waals surface area (Å²) in [4.78, 5) is 10.4. The Balaban J connectivity index is 3.37. The molecule has 1 aromatic rings. The first kappa shape index (κ1) is 12.6. The quantitative estimate of drug-likeness (QED) is 0.577. The van der Waals surface area contributed by atoms with E-state index in [1.807, 2.05) is 20.8 Å². The molecular weight excluding hydrogens is 209 g/mol. The highest BCUT2D eigenvalue weighted by Gasteiger charge is 2.30. The lowest BCUT2D eigenvalue weighted by Gasteiger charge is -2.26. The summed E-state index contributed by atoms with van der Waals surface area (Å²) in [6, 6.07) is 3.81. The van der Waals surface area contributed by atoms with Gasteiger partial charge in [-0.15, -0.1) is 0 Å². The Labute approximate surface area is 94.4 Å². The molecule has 0 radical (unpaired) electrons. The van der Waals surface area contributed by atoms with Crippen LogP contribution in [0.1, 0.15) is 39.2 Å². The van der Waals surface area contributed by atoms with Crippen LogP contribution in [-0.2, 0) is 5.41 Å². The molecule has 0 aliphatic rings. The molecule has 1 aromatic carbocycles. The molecule has 0 amide bonds. The zero-order chi connectivity index (χ0) is 12.3. The van der Waals surface area contributed by atoms with Crippen molar-refractivity contribution in [3.63, 3.8) is 0 Å². The molecule has 0 aliphatic heterocycles. The summed E-state index contributed by atoms with van der Waals surface area (Å²) in [6.07, 6.45) is 1.58. The van der Waals surface area contributed by atoms with Gasteiger partial charge in [-0.3, -0.25) is 10.1 Å². The predicted molar refractivity (Wildman–Crippen MR) is 61.0 cm³/mol. The molecule has 0 saturated heterocycles. The zero-order valence-electron chi connectivity index (χ0n) is 9.79. The highest BCUT2D eigenvalue weighted by Crippen LogP contribution is 2.37. The van der Waals surface area contributed by atoms with E-state index in [0.717, 1.165) is 18.9 Å². The Morgan fingerprint density at radius 1 is 1.38 bits per heavy atom. The molecule has 4 heteroatoms. The summed E-state index contributed by atoms with van der Waals surface area (Å²) < 4.78 is 13.0. The highest BCUT2D eigenvalue weighted by atomic mass is 19.1. The van der Waals surface area contributed by atoms with E-state index in [9.17, 15) is 14.5 Å². The van der Waals surface area contributed by atoms with Gasteiger partial charge in [0, 0.05) is 5.56 Å². The van der Waals surface area contributed by atoms with Gasteiger partial charge >= 0.3 is 0 Å². The summed E-state index contributed by atoms with van der Waals surface area (Å²) in [6.45, 7) is 5.93. The van der Waals surface area contributed by atoms with Gasteiger partial charge < -0.3 is 0 Å². The third kappa shape index (κ3) is 2.21. The maximum atomic E-state index is 13.0. The van der Waals surface area contributed by atoms with Crippen molar-refractivity contribution >= 4 is 5.69 Å². The second-order valence-corrected chi connectivity index (χ2v) is 4.19. The topological polar surface area (TPSA) is 43.1 Å². The van der Waals surface area contributed by atoms with E-state index in [4.69, 9.17) is 0 Å². The van der Waals surface area contributed by atoms with E-state index >= 15 is 0 Å². The van der Waals surface area contributed by atoms with Crippen molar-refractivity contribution in [3.05, 3.63) is 39.7 Å². The third-order valence-electron chi connectivity index (χ3n) is 3.37. The van der Waals surface area contributed by atoms with Crippen LogP contribution in [0, 0.1) is 15.9 Å². The fourth-order valence-electron chi connectivity index (χ4n) is 1.80. The maximum absolute atomic E-state index is 13.0. The Bertz CT molecular complexity index is 400. The van der Waals surface area contributed by atoms with Crippen LogP contribution >= 0.6 is 0 Å². The number of halogens is 1. The van der Waals surface area contributed by atoms with Crippen LogP contribution in [0.5, 0.6) is 0 Å². The van der Waals surface area contributed by atoms with E-state index < -0.39 is 10.7 Å². The maximum Gasteiger partial charge on any atom is 0.276 e. The second-order valence-electron chi connectivity index (χ2n) is 4.19. The molecule has 88 valence electrons. The lowest BCUT2D eigenvalue weighted by atomic mass is 9.77. The van der Waals surface area contributed by atoms with Gasteiger partial charge in [0.1, 0.15) is 5.82 Å². The molecule has 0 unspecified atom stereocenters. The third-order valence-corrected chi connectivity index (χ3v) is 3.37. The Morgan fingerprint density at radius 2 is 1.94 bits per heavy atom. The van der Waals surface area contributed by atoms with E-state index in [1.54, 1.807) is 0 Å². The monoisotopic (exact) mass is 225 g/mol. The van der Waals surface area contributed by atoms with Crippen molar-refractivity contribution < 1.29 is 9.31 Å². The molecule has 0 bridgehead atoms. The highest BCUT2D eigenvalue weighted by molar-refractivity contribution is 5.45. The fraction of sp³-hybridized carbons (Fsp3) is 0.500. The normalized spacial score (nSPS) is 11.5. The summed E-state index contributed by atoms with van der Waals surface area (Å²) >= 11 is 0. The second kappa shape index (κ2) is 4.60. The molecule has 0 heterocycles. The van der Waals surface area contributed by atoms with Crippen molar-refractivity contribution in [2.45, 2.75) is 39.0 Å². The molecule has 1 rings (SSSR count). The minimum absolute atomic E-state index is 0.119. The smallest absolute Gasteiger partial charge is 0.258 e. The van der Waals surface area contributed by atoms with Crippen LogP contribution < -0.4 is 0 Å². The van der Waals surface area contributed by atoms with Crippen LogP contribution in [0.2, 0.25) is 0 Å². The molecule has 3 nitrogen and oxygen atoms in total. The lowest BCUT2D eigenvalue weighted by molar-refractivity contribution is -0.386. The molecule has 0 N–H and O–H groups in total. The van der Waals surface area contributed by atoms with Crippen LogP contribution in [-0.4, -0.2) is 4.92 Å². The molecule has 0 saturated carbocycles. The lowest BCUT2D eigenvalue weighted by Crippen LogP contribution is -2.21. The summed E-state index contributed by atoms with van der Waals surface area (Å²) in [7, 11) is 0. The number of benzene rings is 1. The fourth-order valence-corrected chi connectivity index (χ4v) is 1.80. The standard InChI is InChI=1S/C12H16FNO2/c1-4-12(3,5-2)10-7-6-9(13)8-11(10)14(15)16/h6-8H,4-5H2,1-3H3. The number of nitro groups is 1. The molecule has 0 spiro atoms. The number of hydrogen-bond donors (Lipinski definition) is 0. The number of nitrogens with zero attached hydrogens (tertiary/aromatic N) is 1. The number of nitro benzene ring substituents is 1. The molecule has 0 aliphatic carbocycles. The largest absolute Gasteiger partial charge is 0.276 e. The first-order valence-corrected chi connectivity index (χ1v) is 5.39. The summed E-state index contributed by atoms with van der Waals surface area (Å²) in [5, 5.41) is 10.9. The average Bonchev–Trinajstić information content (AvgIpc) is 2.27. The number of hydrogen-bond acceptors (Lipinski definition) is 2. The van der Waals surface area contributed by atoms with Gasteiger partial charge in [0.25, 0.3) is 5.69 Å². The minimum atomic E-state index is -0.565. The van der Waals surface area contributed by atoms with Crippen molar-refractivity contribution in [1.82, 2.24) is 0 Å². The van der Waals surface area contributed by atoms with Gasteiger partial charge in [0.05, 0.1) is 11.0 Å². The van der Waals surface area contributed by atoms with Gasteiger partial charge in [0.2, 0.25) is 0 Å². The Morgan fingerprint density at radius 3 is 2.38 bits per heavy atom. The molecule has 0 fully saturated rings. The van der Waals surface area contributed by atoms with Gasteiger partial charge in [0.15, 0.2) is 0 Å². The Hall–Kier alpha value is -1.45. The van der Waals surface area contributed by atoms with Crippen LogP contribution in [0.4, 0.5) is 10.1 Å². The van der Waals surface area contributed by atoms with Crippen LogP contribution in [0.15, 0.2) is 18.2 Å². The Kier molecular flexibility index (Phi) is 3.62. The van der Waals surface area contributed by atoms with Crippen molar-refractivity contribution in [1.29, 1.82) is 0 Å². The first-order valence-electron chi connectivity index (χ1n) is 5.39. The van der Waals surface area contributed by atoms with Crippen molar-refractivity contribution in [2.24, 2.45) is 0 Å². The minimum Gasteiger partial charge on any atom is -0.258 e. The molecule has 0 atom stereocenters. The van der Waals surface area contributed by atoms with Gasteiger partial charge in [-0.2, -0.15) is 0 Å².